The van der Waals surface area contributed by atoms with E-state index in [0.717, 1.165) is 0 Å². The molecule has 0 bridgehead atoms. The van der Waals surface area contributed by atoms with Crippen molar-refractivity contribution in [2.24, 2.45) is 7.05 Å². The maximum Gasteiger partial charge on any atom is 0.318 e. The number of hydrogen-bond acceptors (Lipinski definition) is 6. The van der Waals surface area contributed by atoms with Gasteiger partial charge in [0.25, 0.3) is 0 Å². The number of nitro groups is 1. The van der Waals surface area contributed by atoms with E-state index in [0.29, 0.717) is 17.3 Å². The van der Waals surface area contributed by atoms with Crippen LogP contribution in [0, 0.1) is 17.0 Å². The lowest BCUT2D eigenvalue weighted by Crippen LogP contribution is -2.07. The first kappa shape index (κ1) is 12.0. The fourth-order valence-electron chi connectivity index (χ4n) is 1.68. The molecule has 0 amide bonds. The molecule has 0 aromatic carbocycles. The van der Waals surface area contributed by atoms with Gasteiger partial charge in [0, 0.05) is 20.3 Å². The summed E-state index contributed by atoms with van der Waals surface area (Å²) in [6.07, 6.45) is 1.57. The first-order valence-corrected chi connectivity index (χ1v) is 5.23. The second-order valence-electron chi connectivity index (χ2n) is 3.68. The molecule has 0 atom stereocenters. The highest BCUT2D eigenvalue weighted by atomic mass is 16.6. The summed E-state index contributed by atoms with van der Waals surface area (Å²) in [4.78, 5) is 18.8. The van der Waals surface area contributed by atoms with E-state index < -0.39 is 4.92 Å². The van der Waals surface area contributed by atoms with Crippen LogP contribution in [0.5, 0.6) is 0 Å². The van der Waals surface area contributed by atoms with Crippen molar-refractivity contribution in [2.75, 3.05) is 12.4 Å². The van der Waals surface area contributed by atoms with Gasteiger partial charge < -0.3 is 5.32 Å². The maximum atomic E-state index is 11.1. The molecule has 0 aliphatic carbocycles. The molecule has 0 unspecified atom stereocenters. The minimum Gasteiger partial charge on any atom is -0.357 e. The number of nitrogens with one attached hydrogen (secondary N) is 1. The van der Waals surface area contributed by atoms with E-state index in [1.165, 1.54) is 4.68 Å². The summed E-state index contributed by atoms with van der Waals surface area (Å²) in [5, 5.41) is 17.9. The third-order valence-corrected chi connectivity index (χ3v) is 2.53. The standard InChI is InChI=1S/C10H12N6O2/c1-6-9(16(17)18)8(14-10(11-2)13-6)7-4-5-12-15(7)3/h4-5H,1-3H3,(H,11,13,14). The van der Waals surface area contributed by atoms with Crippen LogP contribution in [0.2, 0.25) is 0 Å². The molecule has 2 heterocycles. The summed E-state index contributed by atoms with van der Waals surface area (Å²) in [6.45, 7) is 1.58. The van der Waals surface area contributed by atoms with Gasteiger partial charge in [-0.1, -0.05) is 0 Å². The zero-order valence-corrected chi connectivity index (χ0v) is 10.2. The van der Waals surface area contributed by atoms with Gasteiger partial charge in [-0.25, -0.2) is 9.97 Å². The monoisotopic (exact) mass is 248 g/mol. The summed E-state index contributed by atoms with van der Waals surface area (Å²) in [6, 6.07) is 1.67. The lowest BCUT2D eigenvalue weighted by molar-refractivity contribution is -0.385. The van der Waals surface area contributed by atoms with Crippen LogP contribution in [0.3, 0.4) is 0 Å². The van der Waals surface area contributed by atoms with Gasteiger partial charge in [0.2, 0.25) is 5.95 Å². The molecule has 2 aromatic rings. The Bertz CT molecular complexity index is 606. The fraction of sp³-hybridized carbons (Fsp3) is 0.300. The fourth-order valence-corrected chi connectivity index (χ4v) is 1.68. The van der Waals surface area contributed by atoms with E-state index in [1.807, 2.05) is 0 Å². The molecule has 18 heavy (non-hydrogen) atoms. The quantitative estimate of drug-likeness (QED) is 0.645. The second-order valence-corrected chi connectivity index (χ2v) is 3.68. The summed E-state index contributed by atoms with van der Waals surface area (Å²) in [5.74, 6) is 0.342. The Morgan fingerprint density at radius 2 is 2.17 bits per heavy atom. The molecule has 0 spiro atoms. The molecule has 1 N–H and O–H groups in total. The largest absolute Gasteiger partial charge is 0.357 e. The Labute approximate surface area is 103 Å². The predicted molar refractivity (Wildman–Crippen MR) is 65.2 cm³/mol. The van der Waals surface area contributed by atoms with Crippen LogP contribution in [0.4, 0.5) is 11.6 Å². The van der Waals surface area contributed by atoms with Gasteiger partial charge in [-0.3, -0.25) is 14.8 Å². The third-order valence-electron chi connectivity index (χ3n) is 2.53. The molecule has 94 valence electrons. The first-order valence-electron chi connectivity index (χ1n) is 5.23. The Hall–Kier alpha value is -2.51. The van der Waals surface area contributed by atoms with Crippen molar-refractivity contribution in [2.45, 2.75) is 6.92 Å². The minimum atomic E-state index is -0.475. The van der Waals surface area contributed by atoms with E-state index >= 15 is 0 Å². The summed E-state index contributed by atoms with van der Waals surface area (Å²) in [5.41, 5.74) is 1.05. The topological polar surface area (TPSA) is 98.8 Å². The van der Waals surface area contributed by atoms with Crippen molar-refractivity contribution < 1.29 is 4.92 Å². The van der Waals surface area contributed by atoms with Crippen molar-refractivity contribution in [1.29, 1.82) is 0 Å². The van der Waals surface area contributed by atoms with Crippen molar-refractivity contribution in [3.8, 4) is 11.4 Å². The van der Waals surface area contributed by atoms with E-state index in [4.69, 9.17) is 0 Å². The Balaban J connectivity index is 2.74. The van der Waals surface area contributed by atoms with Gasteiger partial charge in [0.1, 0.15) is 5.69 Å². The molecule has 8 nitrogen and oxygen atoms in total. The van der Waals surface area contributed by atoms with Crippen molar-refractivity contribution >= 4 is 11.6 Å². The van der Waals surface area contributed by atoms with Crippen LogP contribution in [0.25, 0.3) is 11.4 Å². The molecule has 0 radical (unpaired) electrons. The number of rotatable bonds is 3. The molecular weight excluding hydrogens is 236 g/mol. The number of aryl methyl sites for hydroxylation is 2. The highest BCUT2D eigenvalue weighted by Crippen LogP contribution is 2.30. The molecule has 2 aromatic heterocycles. The lowest BCUT2D eigenvalue weighted by Gasteiger charge is -2.07. The van der Waals surface area contributed by atoms with Crippen molar-refractivity contribution in [3.63, 3.8) is 0 Å². The number of aromatic nitrogens is 4. The Morgan fingerprint density at radius 1 is 1.44 bits per heavy atom. The Morgan fingerprint density at radius 3 is 2.67 bits per heavy atom. The van der Waals surface area contributed by atoms with E-state index in [2.05, 4.69) is 20.4 Å². The van der Waals surface area contributed by atoms with Crippen LogP contribution < -0.4 is 5.32 Å². The lowest BCUT2D eigenvalue weighted by atomic mass is 10.2. The molecule has 0 aliphatic heterocycles. The van der Waals surface area contributed by atoms with Gasteiger partial charge >= 0.3 is 5.69 Å². The van der Waals surface area contributed by atoms with Crippen LogP contribution >= 0.6 is 0 Å². The third kappa shape index (κ3) is 1.88. The zero-order chi connectivity index (χ0) is 13.3. The van der Waals surface area contributed by atoms with E-state index in [9.17, 15) is 10.1 Å². The minimum absolute atomic E-state index is 0.0994. The SMILES string of the molecule is CNc1nc(C)c([N+](=O)[O-])c(-c2ccnn2C)n1. The average molecular weight is 248 g/mol. The highest BCUT2D eigenvalue weighted by molar-refractivity contribution is 5.69. The van der Waals surface area contributed by atoms with Crippen LogP contribution in [0.1, 0.15) is 5.69 Å². The van der Waals surface area contributed by atoms with Crippen LogP contribution in [-0.2, 0) is 7.05 Å². The highest BCUT2D eigenvalue weighted by Gasteiger charge is 2.24. The zero-order valence-electron chi connectivity index (χ0n) is 10.2. The van der Waals surface area contributed by atoms with Crippen LogP contribution in [0.15, 0.2) is 12.3 Å². The number of hydrogen-bond donors (Lipinski definition) is 1. The summed E-state index contributed by atoms with van der Waals surface area (Å²) < 4.78 is 1.54. The van der Waals surface area contributed by atoms with E-state index in [1.54, 1.807) is 33.3 Å². The van der Waals surface area contributed by atoms with E-state index in [-0.39, 0.29) is 11.4 Å². The molecule has 0 fully saturated rings. The van der Waals surface area contributed by atoms with Gasteiger partial charge in [-0.2, -0.15) is 5.10 Å². The molecule has 0 aliphatic rings. The average Bonchev–Trinajstić information content (AvgIpc) is 2.73. The molecule has 8 heteroatoms. The molecule has 0 saturated carbocycles. The van der Waals surface area contributed by atoms with Gasteiger partial charge in [0.05, 0.1) is 10.6 Å². The molecular formula is C10H12N6O2. The number of nitrogens with zero attached hydrogens (tertiary/aromatic N) is 5. The second kappa shape index (κ2) is 4.40. The molecule has 0 saturated heterocycles. The van der Waals surface area contributed by atoms with Gasteiger partial charge in [-0.05, 0) is 13.0 Å². The van der Waals surface area contributed by atoms with Crippen molar-refractivity contribution in [3.05, 3.63) is 28.1 Å². The van der Waals surface area contributed by atoms with Gasteiger partial charge in [0.15, 0.2) is 5.69 Å². The smallest absolute Gasteiger partial charge is 0.318 e. The van der Waals surface area contributed by atoms with Gasteiger partial charge in [-0.15, -0.1) is 0 Å². The normalized spacial score (nSPS) is 10.4. The first-order chi connectivity index (χ1) is 8.54. The summed E-state index contributed by atoms with van der Waals surface area (Å²) in [7, 11) is 3.36. The predicted octanol–water partition coefficient (Wildman–Crippen LogP) is 1.14. The number of anilines is 1. The maximum absolute atomic E-state index is 11.1. The molecule has 2 rings (SSSR count). The van der Waals surface area contributed by atoms with Crippen LogP contribution in [-0.4, -0.2) is 31.7 Å². The van der Waals surface area contributed by atoms with Crippen molar-refractivity contribution in [1.82, 2.24) is 19.7 Å². The Kier molecular flexibility index (Phi) is 2.92. The summed E-state index contributed by atoms with van der Waals surface area (Å²) >= 11 is 0.